The third-order valence-corrected chi connectivity index (χ3v) is 17.4. The van der Waals surface area contributed by atoms with Crippen LogP contribution < -0.4 is 31.8 Å². The van der Waals surface area contributed by atoms with Crippen LogP contribution in [0.2, 0.25) is 0 Å². The molecule has 0 aliphatic rings. The zero-order valence-corrected chi connectivity index (χ0v) is 27.6. The van der Waals surface area contributed by atoms with Crippen molar-refractivity contribution in [1.29, 1.82) is 0 Å². The standard InChI is InChI=1S/C42H34P2S/c1-43(35-25-13-5-14-26-35,36-27-15-6-16-28-36)39-40(44(2,37-29-17-7-18-30-37)38-31-19-8-20-32-38)42(34-23-11-4-12-24-34)45-41(39)33-21-9-3-10-22-33/h3-32H,1-2H2. The van der Waals surface area contributed by atoms with Crippen molar-refractivity contribution in [2.45, 2.75) is 0 Å². The van der Waals surface area contributed by atoms with Crippen molar-refractivity contribution >= 4 is 69.5 Å². The van der Waals surface area contributed by atoms with Gasteiger partial charge in [0.2, 0.25) is 0 Å². The van der Waals surface area contributed by atoms with Gasteiger partial charge in [0.15, 0.2) is 0 Å². The van der Waals surface area contributed by atoms with Gasteiger partial charge in [-0.15, -0.1) is 11.3 Å². The summed E-state index contributed by atoms with van der Waals surface area (Å²) >= 11 is 1.90. The van der Waals surface area contributed by atoms with Crippen LogP contribution >= 0.6 is 25.1 Å². The number of hydrogen-bond acceptors (Lipinski definition) is 1. The van der Waals surface area contributed by atoms with E-state index in [9.17, 15) is 0 Å². The van der Waals surface area contributed by atoms with Crippen molar-refractivity contribution in [2.75, 3.05) is 0 Å². The molecule has 0 unspecified atom stereocenters. The van der Waals surface area contributed by atoms with Crippen LogP contribution in [-0.4, -0.2) is 12.6 Å². The molecular formula is C42H34P2S. The summed E-state index contributed by atoms with van der Waals surface area (Å²) in [4.78, 5) is 2.56. The lowest BCUT2D eigenvalue weighted by molar-refractivity contribution is 1.71. The molecule has 0 amide bonds. The number of benzene rings is 6. The van der Waals surface area contributed by atoms with E-state index in [1.807, 2.05) is 11.3 Å². The first-order chi connectivity index (χ1) is 22.1. The highest BCUT2D eigenvalue weighted by molar-refractivity contribution is 7.99. The lowest BCUT2D eigenvalue weighted by atomic mass is 10.1. The van der Waals surface area contributed by atoms with Gasteiger partial charge in [0.1, 0.15) is 0 Å². The van der Waals surface area contributed by atoms with E-state index in [-0.39, 0.29) is 0 Å². The summed E-state index contributed by atoms with van der Waals surface area (Å²) in [6, 6.07) is 65.7. The molecule has 6 aromatic carbocycles. The molecule has 0 radical (unpaired) electrons. The van der Waals surface area contributed by atoms with Gasteiger partial charge in [-0.05, 0) is 46.1 Å². The third-order valence-electron chi connectivity index (χ3n) is 8.48. The molecule has 0 saturated heterocycles. The Labute approximate surface area is 271 Å². The van der Waals surface area contributed by atoms with Crippen molar-refractivity contribution in [3.8, 4) is 20.9 Å². The molecule has 0 spiro atoms. The minimum Gasteiger partial charge on any atom is -0.134 e. The summed E-state index contributed by atoms with van der Waals surface area (Å²) in [5.74, 6) is 0. The van der Waals surface area contributed by atoms with Crippen molar-refractivity contribution in [2.24, 2.45) is 0 Å². The lowest BCUT2D eigenvalue weighted by Gasteiger charge is -2.34. The third kappa shape index (κ3) is 5.22. The van der Waals surface area contributed by atoms with Gasteiger partial charge in [-0.1, -0.05) is 195 Å². The molecule has 0 N–H and O–H groups in total. The Morgan fingerprint density at radius 3 is 0.778 bits per heavy atom. The van der Waals surface area contributed by atoms with Crippen LogP contribution in [0.4, 0.5) is 0 Å². The van der Waals surface area contributed by atoms with Crippen molar-refractivity contribution in [3.63, 3.8) is 0 Å². The second kappa shape index (κ2) is 12.5. The number of thiophene rings is 1. The van der Waals surface area contributed by atoms with E-state index in [2.05, 4.69) is 182 Å². The van der Waals surface area contributed by atoms with Crippen LogP contribution in [-0.2, 0) is 0 Å². The van der Waals surface area contributed by atoms with Gasteiger partial charge in [0, 0.05) is 20.4 Å². The predicted octanol–water partition coefficient (Wildman–Crippen LogP) is 8.53. The summed E-state index contributed by atoms with van der Waals surface area (Å²) in [5.41, 5.74) is 2.43. The van der Waals surface area contributed by atoms with Gasteiger partial charge in [0.05, 0.1) is 0 Å². The van der Waals surface area contributed by atoms with Crippen molar-refractivity contribution in [1.82, 2.24) is 0 Å². The average molecular weight is 633 g/mol. The van der Waals surface area contributed by atoms with Crippen LogP contribution in [0.5, 0.6) is 0 Å². The molecule has 45 heavy (non-hydrogen) atoms. The molecular weight excluding hydrogens is 598 g/mol. The Morgan fingerprint density at radius 2 is 0.533 bits per heavy atom. The molecule has 0 fully saturated rings. The fraction of sp³-hybridized carbons (Fsp3) is 0. The Bertz CT molecular complexity index is 1880. The van der Waals surface area contributed by atoms with Crippen LogP contribution in [0.25, 0.3) is 20.9 Å². The molecule has 7 aromatic rings. The number of rotatable bonds is 8. The Hall–Kier alpha value is -4.38. The average Bonchev–Trinajstić information content (AvgIpc) is 3.55. The second-order valence-electron chi connectivity index (χ2n) is 11.2. The summed E-state index contributed by atoms with van der Waals surface area (Å²) in [6.07, 6.45) is 10.7. The maximum atomic E-state index is 5.34. The highest BCUT2D eigenvalue weighted by Crippen LogP contribution is 2.55. The first-order valence-corrected chi connectivity index (χ1v) is 19.9. The first kappa shape index (κ1) is 29.3. The fourth-order valence-electron chi connectivity index (χ4n) is 6.24. The van der Waals surface area contributed by atoms with E-state index in [1.54, 1.807) is 0 Å². The zero-order valence-electron chi connectivity index (χ0n) is 25.0. The van der Waals surface area contributed by atoms with Gasteiger partial charge >= 0.3 is 0 Å². The van der Waals surface area contributed by atoms with E-state index in [1.165, 1.54) is 52.7 Å². The van der Waals surface area contributed by atoms with E-state index in [0.717, 1.165) is 0 Å². The molecule has 0 nitrogen and oxygen atoms in total. The van der Waals surface area contributed by atoms with E-state index in [4.69, 9.17) is 12.6 Å². The Balaban J connectivity index is 1.74. The SMILES string of the molecule is C=P(c1ccccc1)(c1ccccc1)c1c(-c2ccccc2)sc(-c2ccccc2)c1P(=C)(c1ccccc1)c1ccccc1. The van der Waals surface area contributed by atoms with Gasteiger partial charge in [0.25, 0.3) is 0 Å². The van der Waals surface area contributed by atoms with Gasteiger partial charge in [-0.3, -0.25) is 0 Å². The highest BCUT2D eigenvalue weighted by atomic mass is 32.1. The minimum absolute atomic E-state index is 1.22. The maximum Gasteiger partial charge on any atom is 0.0438 e. The molecule has 0 aliphatic carbocycles. The second-order valence-corrected chi connectivity index (χ2v) is 18.4. The van der Waals surface area contributed by atoms with Gasteiger partial charge in [-0.25, -0.2) is 0 Å². The monoisotopic (exact) mass is 632 g/mol. The summed E-state index contributed by atoms with van der Waals surface area (Å²) in [6.45, 7) is -4.91. The Kier molecular flexibility index (Phi) is 8.18. The predicted molar refractivity (Wildman–Crippen MR) is 207 cm³/mol. The molecule has 3 heteroatoms. The normalized spacial score (nSPS) is 11.7. The molecule has 1 aromatic heterocycles. The minimum atomic E-state index is -2.46. The fourth-order valence-corrected chi connectivity index (χ4v) is 16.0. The molecule has 0 aliphatic heterocycles. The largest absolute Gasteiger partial charge is 0.134 e. The summed E-state index contributed by atoms with van der Waals surface area (Å²) in [5, 5.41) is 7.73. The molecule has 7 rings (SSSR count). The first-order valence-electron chi connectivity index (χ1n) is 15.1. The molecule has 0 bridgehead atoms. The molecule has 0 atom stereocenters. The highest BCUT2D eigenvalue weighted by Gasteiger charge is 2.38. The summed E-state index contributed by atoms with van der Waals surface area (Å²) in [7, 11) is 0. The zero-order chi connectivity index (χ0) is 30.7. The van der Waals surface area contributed by atoms with E-state index >= 15 is 0 Å². The number of hydrogen-bond donors (Lipinski definition) is 0. The van der Waals surface area contributed by atoms with Gasteiger partial charge in [-0.2, -0.15) is 0 Å². The van der Waals surface area contributed by atoms with E-state index in [0.29, 0.717) is 0 Å². The molecule has 0 saturated carbocycles. The van der Waals surface area contributed by atoms with Crippen molar-refractivity contribution in [3.05, 3.63) is 182 Å². The topological polar surface area (TPSA) is 0 Å². The van der Waals surface area contributed by atoms with Gasteiger partial charge < -0.3 is 0 Å². The summed E-state index contributed by atoms with van der Waals surface area (Å²) < 4.78 is 0. The molecule has 218 valence electrons. The van der Waals surface area contributed by atoms with E-state index < -0.39 is 13.8 Å². The quantitative estimate of drug-likeness (QED) is 0.147. The molecule has 1 heterocycles. The lowest BCUT2D eigenvalue weighted by Crippen LogP contribution is -2.38. The van der Waals surface area contributed by atoms with Crippen LogP contribution in [0.3, 0.4) is 0 Å². The maximum absolute atomic E-state index is 5.34. The van der Waals surface area contributed by atoms with Crippen LogP contribution in [0.15, 0.2) is 182 Å². The smallest absolute Gasteiger partial charge is 0.0438 e. The van der Waals surface area contributed by atoms with Crippen LogP contribution in [0.1, 0.15) is 0 Å². The van der Waals surface area contributed by atoms with Crippen molar-refractivity contribution < 1.29 is 0 Å². The van der Waals surface area contributed by atoms with Crippen LogP contribution in [0, 0.1) is 0 Å². The Morgan fingerprint density at radius 1 is 0.311 bits per heavy atom.